The first kappa shape index (κ1) is 15.1. The maximum atomic E-state index is 13.6. The van der Waals surface area contributed by atoms with Crippen molar-refractivity contribution in [3.05, 3.63) is 47.3 Å². The zero-order chi connectivity index (χ0) is 15.9. The lowest BCUT2D eigenvalue weighted by Crippen LogP contribution is -2.24. The average Bonchev–Trinajstić information content (AvgIpc) is 3.23. The molecule has 1 heterocycles. The monoisotopic (exact) mass is 327 g/mol. The van der Waals surface area contributed by atoms with Crippen molar-refractivity contribution < 1.29 is 17.2 Å². The van der Waals surface area contributed by atoms with Gasteiger partial charge in [0.1, 0.15) is 16.5 Å². The van der Waals surface area contributed by atoms with E-state index < -0.39 is 26.6 Å². The van der Waals surface area contributed by atoms with Gasteiger partial charge in [0, 0.05) is 18.7 Å². The topological polar surface area (TPSA) is 64.0 Å². The van der Waals surface area contributed by atoms with Crippen LogP contribution in [0.1, 0.15) is 30.1 Å². The Morgan fingerprint density at radius 2 is 2.05 bits per heavy atom. The molecule has 3 rings (SSSR count). The minimum Gasteiger partial charge on any atom is -0.272 e. The standard InChI is InChI=1S/C14H15F2N3O2S/c1-19-13(9-2-3-9)7-11(18-19)8-17-22(20,21)14-6-10(15)4-5-12(14)16/h4-7,9,17H,2-3,8H2,1H3. The lowest BCUT2D eigenvalue weighted by molar-refractivity contribution is 0.545. The van der Waals surface area contributed by atoms with Gasteiger partial charge in [0.2, 0.25) is 10.0 Å². The van der Waals surface area contributed by atoms with Gasteiger partial charge in [-0.25, -0.2) is 21.9 Å². The third-order valence-corrected chi connectivity index (χ3v) is 5.00. The maximum Gasteiger partial charge on any atom is 0.243 e. The molecule has 1 aliphatic carbocycles. The minimum absolute atomic E-state index is 0.0706. The van der Waals surface area contributed by atoms with E-state index in [2.05, 4.69) is 9.82 Å². The first-order chi connectivity index (χ1) is 10.4. The Hall–Kier alpha value is -1.80. The maximum absolute atomic E-state index is 13.6. The first-order valence-corrected chi connectivity index (χ1v) is 8.32. The van der Waals surface area contributed by atoms with Crippen molar-refractivity contribution in [1.82, 2.24) is 14.5 Å². The Labute approximate surface area is 127 Å². The molecule has 0 atom stereocenters. The number of benzene rings is 1. The Morgan fingerprint density at radius 3 is 2.73 bits per heavy atom. The van der Waals surface area contributed by atoms with Gasteiger partial charge in [-0.05, 0) is 37.1 Å². The molecule has 5 nitrogen and oxygen atoms in total. The molecule has 1 aliphatic rings. The van der Waals surface area contributed by atoms with Crippen LogP contribution in [0.2, 0.25) is 0 Å². The number of rotatable bonds is 5. The van der Waals surface area contributed by atoms with Crippen molar-refractivity contribution in [2.75, 3.05) is 0 Å². The van der Waals surface area contributed by atoms with Gasteiger partial charge in [0.25, 0.3) is 0 Å². The molecule has 0 aliphatic heterocycles. The van der Waals surface area contributed by atoms with E-state index in [1.165, 1.54) is 0 Å². The van der Waals surface area contributed by atoms with Gasteiger partial charge in [-0.1, -0.05) is 0 Å². The van der Waals surface area contributed by atoms with E-state index in [4.69, 9.17) is 0 Å². The van der Waals surface area contributed by atoms with Crippen molar-refractivity contribution >= 4 is 10.0 Å². The second-order valence-electron chi connectivity index (χ2n) is 5.36. The molecule has 8 heteroatoms. The van der Waals surface area contributed by atoms with Crippen LogP contribution in [0.5, 0.6) is 0 Å². The van der Waals surface area contributed by atoms with Crippen LogP contribution in [-0.2, 0) is 23.6 Å². The third kappa shape index (κ3) is 3.02. The summed E-state index contributed by atoms with van der Waals surface area (Å²) in [4.78, 5) is -0.703. The number of aromatic nitrogens is 2. The fourth-order valence-electron chi connectivity index (χ4n) is 2.32. The summed E-state index contributed by atoms with van der Waals surface area (Å²) in [6, 6.07) is 4.15. The van der Waals surface area contributed by atoms with Crippen molar-refractivity contribution in [2.45, 2.75) is 30.2 Å². The van der Waals surface area contributed by atoms with Crippen molar-refractivity contribution in [1.29, 1.82) is 0 Å². The van der Waals surface area contributed by atoms with Crippen LogP contribution < -0.4 is 4.72 Å². The summed E-state index contributed by atoms with van der Waals surface area (Å²) in [5, 5.41) is 4.23. The van der Waals surface area contributed by atoms with Crippen LogP contribution in [0.4, 0.5) is 8.78 Å². The summed E-state index contributed by atoms with van der Waals surface area (Å²) < 4.78 is 54.8. The molecule has 118 valence electrons. The number of halogens is 2. The Kier molecular flexibility index (Phi) is 3.73. The minimum atomic E-state index is -4.13. The fourth-order valence-corrected chi connectivity index (χ4v) is 3.41. The molecule has 0 unspecified atom stereocenters. The van der Waals surface area contributed by atoms with Gasteiger partial charge in [-0.2, -0.15) is 5.10 Å². The number of aryl methyl sites for hydroxylation is 1. The summed E-state index contributed by atoms with van der Waals surface area (Å²) in [7, 11) is -2.33. The number of nitrogens with one attached hydrogen (secondary N) is 1. The molecule has 1 fully saturated rings. The van der Waals surface area contributed by atoms with Crippen molar-refractivity contribution in [2.24, 2.45) is 7.05 Å². The zero-order valence-electron chi connectivity index (χ0n) is 11.9. The van der Waals surface area contributed by atoms with E-state index in [1.807, 2.05) is 6.07 Å². The molecule has 0 saturated heterocycles. The summed E-state index contributed by atoms with van der Waals surface area (Å²) in [6.45, 7) is -0.0706. The van der Waals surface area contributed by atoms with E-state index in [9.17, 15) is 17.2 Å². The van der Waals surface area contributed by atoms with Gasteiger partial charge in [0.15, 0.2) is 0 Å². The van der Waals surface area contributed by atoms with Crippen LogP contribution in [0.25, 0.3) is 0 Å². The zero-order valence-corrected chi connectivity index (χ0v) is 12.7. The van der Waals surface area contributed by atoms with Crippen LogP contribution in [0.3, 0.4) is 0 Å². The fraction of sp³-hybridized carbons (Fsp3) is 0.357. The van der Waals surface area contributed by atoms with Gasteiger partial charge >= 0.3 is 0 Å². The summed E-state index contributed by atoms with van der Waals surface area (Å²) in [5.74, 6) is -1.31. The molecule has 1 aromatic heterocycles. The van der Waals surface area contributed by atoms with Gasteiger partial charge < -0.3 is 0 Å². The smallest absolute Gasteiger partial charge is 0.243 e. The second kappa shape index (κ2) is 5.44. The van der Waals surface area contributed by atoms with E-state index in [0.717, 1.165) is 30.7 Å². The highest BCUT2D eigenvalue weighted by atomic mass is 32.2. The van der Waals surface area contributed by atoms with E-state index >= 15 is 0 Å². The Morgan fingerprint density at radius 1 is 1.32 bits per heavy atom. The van der Waals surface area contributed by atoms with E-state index in [-0.39, 0.29) is 6.54 Å². The SMILES string of the molecule is Cn1nc(CNS(=O)(=O)c2cc(F)ccc2F)cc1C1CC1. The van der Waals surface area contributed by atoms with Gasteiger partial charge in [0.05, 0.1) is 12.2 Å². The van der Waals surface area contributed by atoms with Crippen LogP contribution in [0, 0.1) is 11.6 Å². The normalized spacial score (nSPS) is 15.2. The Bertz CT molecular complexity index is 813. The number of hydrogen-bond acceptors (Lipinski definition) is 3. The molecule has 1 saturated carbocycles. The van der Waals surface area contributed by atoms with Gasteiger partial charge in [-0.3, -0.25) is 4.68 Å². The summed E-state index contributed by atoms with van der Waals surface area (Å²) >= 11 is 0. The predicted octanol–water partition coefficient (Wildman–Crippen LogP) is 2.05. The summed E-state index contributed by atoms with van der Waals surface area (Å²) in [5.41, 5.74) is 1.61. The third-order valence-electron chi connectivity index (χ3n) is 3.59. The Balaban J connectivity index is 1.77. The van der Waals surface area contributed by atoms with E-state index in [1.54, 1.807) is 11.7 Å². The lowest BCUT2D eigenvalue weighted by Gasteiger charge is -2.06. The van der Waals surface area contributed by atoms with Crippen molar-refractivity contribution in [3.8, 4) is 0 Å². The number of hydrogen-bond donors (Lipinski definition) is 1. The first-order valence-electron chi connectivity index (χ1n) is 6.84. The molecule has 0 bridgehead atoms. The van der Waals surface area contributed by atoms with Crippen molar-refractivity contribution in [3.63, 3.8) is 0 Å². The summed E-state index contributed by atoms with van der Waals surface area (Å²) in [6.07, 6.45) is 2.22. The molecular formula is C14H15F2N3O2S. The second-order valence-corrected chi connectivity index (χ2v) is 7.09. The lowest BCUT2D eigenvalue weighted by atomic mass is 10.2. The quantitative estimate of drug-likeness (QED) is 0.914. The highest BCUT2D eigenvalue weighted by Gasteiger charge is 2.27. The molecule has 2 aromatic rings. The highest BCUT2D eigenvalue weighted by Crippen LogP contribution is 2.39. The molecule has 0 spiro atoms. The molecule has 1 N–H and O–H groups in total. The molecule has 1 aromatic carbocycles. The molecule has 0 radical (unpaired) electrons. The molecule has 0 amide bonds. The molecule has 22 heavy (non-hydrogen) atoms. The average molecular weight is 327 g/mol. The number of nitrogens with zero attached hydrogens (tertiary/aromatic N) is 2. The predicted molar refractivity (Wildman–Crippen MR) is 75.6 cm³/mol. The van der Waals surface area contributed by atoms with E-state index in [0.29, 0.717) is 17.7 Å². The van der Waals surface area contributed by atoms with Crippen LogP contribution in [-0.4, -0.2) is 18.2 Å². The van der Waals surface area contributed by atoms with Crippen LogP contribution in [0.15, 0.2) is 29.2 Å². The number of sulfonamides is 1. The largest absolute Gasteiger partial charge is 0.272 e. The van der Waals surface area contributed by atoms with Crippen LogP contribution >= 0.6 is 0 Å². The molecular weight excluding hydrogens is 312 g/mol. The van der Waals surface area contributed by atoms with Gasteiger partial charge in [-0.15, -0.1) is 0 Å². The highest BCUT2D eigenvalue weighted by molar-refractivity contribution is 7.89.